The third-order valence-corrected chi connectivity index (χ3v) is 3.17. The molecule has 1 aliphatic carbocycles. The molecule has 2 unspecified atom stereocenters. The van der Waals surface area contributed by atoms with Gasteiger partial charge >= 0.3 is 6.01 Å². The van der Waals surface area contributed by atoms with Crippen LogP contribution in [0.2, 0.25) is 0 Å². The molecule has 0 spiro atoms. The number of nitrogens with zero attached hydrogens (tertiary/aromatic N) is 3. The van der Waals surface area contributed by atoms with Gasteiger partial charge in [-0.1, -0.05) is 19.3 Å². The van der Waals surface area contributed by atoms with E-state index in [1.54, 1.807) is 4.68 Å². The maximum Gasteiger partial charge on any atom is 0.337 e. The molecule has 1 heterocycles. The van der Waals surface area contributed by atoms with E-state index in [9.17, 15) is 5.11 Å². The van der Waals surface area contributed by atoms with Gasteiger partial charge in [0.25, 0.3) is 0 Å². The number of aromatic nitrogens is 3. The van der Waals surface area contributed by atoms with Crippen LogP contribution in [0.1, 0.15) is 45.1 Å². The van der Waals surface area contributed by atoms with Crippen molar-refractivity contribution >= 4 is 5.95 Å². The minimum Gasteiger partial charge on any atom is -0.463 e. The SMILES string of the molecule is CCOc1nc(N)n(C2CCCCCC2O)n1. The summed E-state index contributed by atoms with van der Waals surface area (Å²) in [6.45, 7) is 2.38. The maximum atomic E-state index is 10.1. The van der Waals surface area contributed by atoms with Gasteiger partial charge in [0.05, 0.1) is 18.8 Å². The fraction of sp³-hybridized carbons (Fsp3) is 0.818. The van der Waals surface area contributed by atoms with Crippen LogP contribution in [0, 0.1) is 0 Å². The van der Waals surface area contributed by atoms with Crippen LogP contribution < -0.4 is 10.5 Å². The Labute approximate surface area is 101 Å². The Morgan fingerprint density at radius 2 is 2.18 bits per heavy atom. The maximum absolute atomic E-state index is 10.1. The van der Waals surface area contributed by atoms with Gasteiger partial charge in [-0.25, -0.2) is 4.68 Å². The van der Waals surface area contributed by atoms with Gasteiger partial charge in [-0.15, -0.1) is 5.10 Å². The zero-order valence-electron chi connectivity index (χ0n) is 10.2. The number of ether oxygens (including phenoxy) is 1. The predicted octanol–water partition coefficient (Wildman–Crippen LogP) is 1.13. The van der Waals surface area contributed by atoms with E-state index in [4.69, 9.17) is 10.5 Å². The number of rotatable bonds is 3. The second-order valence-electron chi connectivity index (χ2n) is 4.40. The Morgan fingerprint density at radius 3 is 2.94 bits per heavy atom. The number of nitrogens with two attached hydrogens (primary N) is 1. The molecular formula is C11H20N4O2. The Bertz CT molecular complexity index is 366. The first-order chi connectivity index (χ1) is 8.22. The highest BCUT2D eigenvalue weighted by atomic mass is 16.5. The third-order valence-electron chi connectivity index (χ3n) is 3.17. The third kappa shape index (κ3) is 2.69. The highest BCUT2D eigenvalue weighted by Gasteiger charge is 2.26. The van der Waals surface area contributed by atoms with E-state index < -0.39 is 6.10 Å². The molecule has 1 fully saturated rings. The van der Waals surface area contributed by atoms with Gasteiger partial charge in [-0.05, 0) is 19.8 Å². The Balaban J connectivity index is 2.18. The summed E-state index contributed by atoms with van der Waals surface area (Å²) in [5, 5.41) is 14.3. The molecule has 2 rings (SSSR count). The summed E-state index contributed by atoms with van der Waals surface area (Å²) in [6, 6.07) is 0.223. The lowest BCUT2D eigenvalue weighted by molar-refractivity contribution is 0.0993. The van der Waals surface area contributed by atoms with Crippen LogP contribution in [0.4, 0.5) is 5.95 Å². The molecule has 0 saturated heterocycles. The molecule has 2 atom stereocenters. The van der Waals surface area contributed by atoms with E-state index in [2.05, 4.69) is 10.1 Å². The zero-order chi connectivity index (χ0) is 12.3. The summed E-state index contributed by atoms with van der Waals surface area (Å²) in [4.78, 5) is 4.04. The monoisotopic (exact) mass is 240 g/mol. The van der Waals surface area contributed by atoms with Crippen LogP contribution in [-0.4, -0.2) is 32.6 Å². The number of aliphatic hydroxyl groups excluding tert-OH is 1. The number of aliphatic hydroxyl groups is 1. The van der Waals surface area contributed by atoms with Gasteiger partial charge in [0.2, 0.25) is 5.95 Å². The van der Waals surface area contributed by atoms with E-state index in [1.807, 2.05) is 6.92 Å². The predicted molar refractivity (Wildman–Crippen MR) is 63.7 cm³/mol. The lowest BCUT2D eigenvalue weighted by Gasteiger charge is -2.20. The molecule has 96 valence electrons. The number of hydrogen-bond donors (Lipinski definition) is 2. The average molecular weight is 240 g/mol. The van der Waals surface area contributed by atoms with Gasteiger partial charge in [0.15, 0.2) is 0 Å². The Kier molecular flexibility index (Phi) is 3.83. The molecule has 0 radical (unpaired) electrons. The van der Waals surface area contributed by atoms with E-state index in [1.165, 1.54) is 0 Å². The summed E-state index contributed by atoms with van der Waals surface area (Å²) in [5.41, 5.74) is 5.81. The van der Waals surface area contributed by atoms with E-state index >= 15 is 0 Å². The molecule has 6 heteroatoms. The summed E-state index contributed by atoms with van der Waals surface area (Å²) in [5.74, 6) is 0.319. The molecule has 1 aliphatic rings. The van der Waals surface area contributed by atoms with Crippen molar-refractivity contribution < 1.29 is 9.84 Å². The fourth-order valence-corrected chi connectivity index (χ4v) is 2.30. The quantitative estimate of drug-likeness (QED) is 0.773. The van der Waals surface area contributed by atoms with Gasteiger partial charge in [-0.2, -0.15) is 4.98 Å². The number of nitrogen functional groups attached to an aromatic ring is 1. The number of hydrogen-bond acceptors (Lipinski definition) is 5. The van der Waals surface area contributed by atoms with E-state index in [-0.39, 0.29) is 6.04 Å². The van der Waals surface area contributed by atoms with Crippen molar-refractivity contribution in [3.05, 3.63) is 0 Å². The Morgan fingerprint density at radius 1 is 1.41 bits per heavy atom. The van der Waals surface area contributed by atoms with Crippen molar-refractivity contribution in [2.45, 2.75) is 51.2 Å². The molecule has 1 aromatic rings. The lowest BCUT2D eigenvalue weighted by atomic mass is 10.1. The molecule has 6 nitrogen and oxygen atoms in total. The number of anilines is 1. The molecule has 3 N–H and O–H groups in total. The molecule has 0 amide bonds. The van der Waals surface area contributed by atoms with Crippen LogP contribution in [0.3, 0.4) is 0 Å². The van der Waals surface area contributed by atoms with Crippen LogP contribution in [0.25, 0.3) is 0 Å². The fourth-order valence-electron chi connectivity index (χ4n) is 2.30. The highest BCUT2D eigenvalue weighted by molar-refractivity contribution is 5.19. The second-order valence-corrected chi connectivity index (χ2v) is 4.40. The molecule has 0 aliphatic heterocycles. The first-order valence-electron chi connectivity index (χ1n) is 6.25. The molecule has 0 bridgehead atoms. The minimum atomic E-state index is -0.393. The van der Waals surface area contributed by atoms with Crippen molar-refractivity contribution in [3.8, 4) is 6.01 Å². The van der Waals surface area contributed by atoms with Crippen molar-refractivity contribution in [3.63, 3.8) is 0 Å². The molecule has 0 aromatic carbocycles. The van der Waals surface area contributed by atoms with Gasteiger partial charge in [0.1, 0.15) is 0 Å². The Hall–Kier alpha value is -1.30. The standard InChI is InChI=1S/C11H20N4O2/c1-2-17-11-13-10(12)15(14-11)8-6-4-3-5-7-9(8)16/h8-9,16H,2-7H2,1H3,(H2,12,13,14). The van der Waals surface area contributed by atoms with Gasteiger partial charge < -0.3 is 15.6 Å². The lowest BCUT2D eigenvalue weighted by Crippen LogP contribution is -2.25. The average Bonchev–Trinajstić information content (AvgIpc) is 2.52. The van der Waals surface area contributed by atoms with Crippen LogP contribution in [0.5, 0.6) is 6.01 Å². The van der Waals surface area contributed by atoms with E-state index in [0.29, 0.717) is 18.6 Å². The van der Waals surface area contributed by atoms with Crippen molar-refractivity contribution in [1.82, 2.24) is 14.8 Å². The van der Waals surface area contributed by atoms with Crippen molar-refractivity contribution in [2.75, 3.05) is 12.3 Å². The van der Waals surface area contributed by atoms with Crippen LogP contribution in [-0.2, 0) is 0 Å². The second kappa shape index (κ2) is 5.35. The topological polar surface area (TPSA) is 86.2 Å². The molecule has 1 saturated carbocycles. The largest absolute Gasteiger partial charge is 0.463 e. The van der Waals surface area contributed by atoms with Crippen molar-refractivity contribution in [1.29, 1.82) is 0 Å². The zero-order valence-corrected chi connectivity index (χ0v) is 10.2. The molecule has 1 aromatic heterocycles. The minimum absolute atomic E-state index is 0.0702. The van der Waals surface area contributed by atoms with Gasteiger partial charge in [-0.3, -0.25) is 0 Å². The van der Waals surface area contributed by atoms with E-state index in [0.717, 1.165) is 32.1 Å². The van der Waals surface area contributed by atoms with Crippen LogP contribution in [0.15, 0.2) is 0 Å². The van der Waals surface area contributed by atoms with Gasteiger partial charge in [0, 0.05) is 0 Å². The first-order valence-corrected chi connectivity index (χ1v) is 6.25. The first kappa shape index (κ1) is 12.2. The highest BCUT2D eigenvalue weighted by Crippen LogP contribution is 2.29. The van der Waals surface area contributed by atoms with Crippen molar-refractivity contribution in [2.24, 2.45) is 0 Å². The molecular weight excluding hydrogens is 220 g/mol. The smallest absolute Gasteiger partial charge is 0.337 e. The normalized spacial score (nSPS) is 25.5. The van der Waals surface area contributed by atoms with Crippen LogP contribution >= 0.6 is 0 Å². The summed E-state index contributed by atoms with van der Waals surface area (Å²) in [7, 11) is 0. The molecule has 17 heavy (non-hydrogen) atoms. The summed E-state index contributed by atoms with van der Waals surface area (Å²) in [6.07, 6.45) is 4.60. The summed E-state index contributed by atoms with van der Waals surface area (Å²) >= 11 is 0. The summed E-state index contributed by atoms with van der Waals surface area (Å²) < 4.78 is 6.83.